The number of nitrogens with one attached hydrogen (secondary N) is 1. The van der Waals surface area contributed by atoms with Crippen LogP contribution in [0.5, 0.6) is 0 Å². The van der Waals surface area contributed by atoms with E-state index in [1.165, 1.54) is 4.31 Å². The van der Waals surface area contributed by atoms with Crippen LogP contribution in [0.15, 0.2) is 18.6 Å². The second-order valence-electron chi connectivity index (χ2n) is 8.54. The molecule has 31 heavy (non-hydrogen) atoms. The van der Waals surface area contributed by atoms with Crippen LogP contribution in [-0.4, -0.2) is 89.5 Å². The maximum Gasteiger partial charge on any atom is 0.282 e. The van der Waals surface area contributed by atoms with Crippen LogP contribution in [0, 0.1) is 6.57 Å². The number of piperazine rings is 1. The highest BCUT2D eigenvalue weighted by atomic mass is 32.2. The number of hydrogen-bond acceptors (Lipinski definition) is 6. The summed E-state index contributed by atoms with van der Waals surface area (Å²) in [6.07, 6.45) is 6.79. The van der Waals surface area contributed by atoms with Gasteiger partial charge in [0.15, 0.2) is 0 Å². The van der Waals surface area contributed by atoms with Crippen molar-refractivity contribution in [3.05, 3.63) is 30.0 Å². The number of aromatic amines is 1. The molecule has 0 bridgehead atoms. The van der Waals surface area contributed by atoms with E-state index in [4.69, 9.17) is 11.3 Å². The summed E-state index contributed by atoms with van der Waals surface area (Å²) < 4.78 is 36.2. The SMILES string of the molecule is [C-]#[N+]CCN(CC1CCCO1)S(=O)(=O)N1CCN(c2ncnc3[nH]ccc23)CC12CC2. The second-order valence-corrected chi connectivity index (χ2v) is 10.4. The third-order valence-corrected chi connectivity index (χ3v) is 8.66. The van der Waals surface area contributed by atoms with E-state index >= 15 is 0 Å². The molecule has 2 aromatic rings. The molecule has 1 spiro atoms. The Labute approximate surface area is 182 Å². The van der Waals surface area contributed by atoms with Crippen LogP contribution < -0.4 is 4.90 Å². The van der Waals surface area contributed by atoms with Crippen LogP contribution in [0.3, 0.4) is 0 Å². The number of aromatic nitrogens is 3. The molecule has 0 aromatic carbocycles. The molecule has 2 saturated heterocycles. The molecule has 3 fully saturated rings. The van der Waals surface area contributed by atoms with E-state index in [9.17, 15) is 8.42 Å². The summed E-state index contributed by atoms with van der Waals surface area (Å²) in [6, 6.07) is 1.96. The van der Waals surface area contributed by atoms with E-state index in [1.54, 1.807) is 10.6 Å². The lowest BCUT2D eigenvalue weighted by atomic mass is 10.2. The van der Waals surface area contributed by atoms with E-state index in [-0.39, 0.29) is 19.2 Å². The Hall–Kier alpha value is -2.26. The number of nitrogens with zero attached hydrogens (tertiary/aromatic N) is 6. The van der Waals surface area contributed by atoms with Crippen LogP contribution in [0.2, 0.25) is 0 Å². The van der Waals surface area contributed by atoms with Gasteiger partial charge in [0.25, 0.3) is 10.2 Å². The zero-order chi connectivity index (χ0) is 21.5. The summed E-state index contributed by atoms with van der Waals surface area (Å²) in [5.41, 5.74) is 0.379. The predicted octanol–water partition coefficient (Wildman–Crippen LogP) is 1.26. The quantitative estimate of drug-likeness (QED) is 0.644. The Morgan fingerprint density at radius 2 is 2.23 bits per heavy atom. The first-order valence-electron chi connectivity index (χ1n) is 10.8. The zero-order valence-corrected chi connectivity index (χ0v) is 18.2. The van der Waals surface area contributed by atoms with Crippen molar-refractivity contribution in [1.29, 1.82) is 0 Å². The minimum atomic E-state index is -3.69. The first-order valence-corrected chi connectivity index (χ1v) is 12.2. The molecule has 1 saturated carbocycles. The zero-order valence-electron chi connectivity index (χ0n) is 17.4. The maximum atomic E-state index is 13.7. The highest BCUT2D eigenvalue weighted by Gasteiger charge is 2.57. The van der Waals surface area contributed by atoms with Gasteiger partial charge in [-0.2, -0.15) is 17.0 Å². The smallest absolute Gasteiger partial charge is 0.282 e. The van der Waals surface area contributed by atoms with Gasteiger partial charge in [-0.1, -0.05) is 0 Å². The Balaban J connectivity index is 1.37. The average molecular weight is 446 g/mol. The van der Waals surface area contributed by atoms with E-state index in [1.807, 2.05) is 12.3 Å². The minimum absolute atomic E-state index is 0.0835. The lowest BCUT2D eigenvalue weighted by Gasteiger charge is -2.43. The minimum Gasteiger partial charge on any atom is -0.377 e. The number of fused-ring (bicyclic) bond motifs is 1. The molecule has 0 radical (unpaired) electrons. The van der Waals surface area contributed by atoms with Crippen molar-refractivity contribution in [3.63, 3.8) is 0 Å². The van der Waals surface area contributed by atoms with Crippen LogP contribution in [0.1, 0.15) is 25.7 Å². The molecular formula is C20H27N7O3S. The van der Waals surface area contributed by atoms with Crippen molar-refractivity contribution in [3.8, 4) is 0 Å². The van der Waals surface area contributed by atoms with Gasteiger partial charge in [-0.25, -0.2) is 16.5 Å². The Morgan fingerprint density at radius 3 is 2.97 bits per heavy atom. The third kappa shape index (κ3) is 3.78. The molecule has 2 aliphatic heterocycles. The molecule has 5 rings (SSSR count). The van der Waals surface area contributed by atoms with E-state index in [0.717, 1.165) is 42.5 Å². The summed E-state index contributed by atoms with van der Waals surface area (Å²) in [6.45, 7) is 10.1. The molecule has 10 nitrogen and oxygen atoms in total. The molecule has 0 amide bonds. The summed E-state index contributed by atoms with van der Waals surface area (Å²) in [7, 11) is -3.69. The number of ether oxygens (including phenoxy) is 1. The largest absolute Gasteiger partial charge is 0.377 e. The first kappa shape index (κ1) is 20.6. The molecule has 1 N–H and O–H groups in total. The lowest BCUT2D eigenvalue weighted by Crippen LogP contribution is -2.61. The number of hydrogen-bond donors (Lipinski definition) is 1. The van der Waals surface area contributed by atoms with Gasteiger partial charge >= 0.3 is 0 Å². The van der Waals surface area contributed by atoms with Gasteiger partial charge < -0.3 is 19.5 Å². The van der Waals surface area contributed by atoms with E-state index in [0.29, 0.717) is 32.8 Å². The summed E-state index contributed by atoms with van der Waals surface area (Å²) in [5.74, 6) is 0.846. The molecule has 1 aliphatic carbocycles. The lowest BCUT2D eigenvalue weighted by molar-refractivity contribution is 0.0918. The van der Waals surface area contributed by atoms with Gasteiger partial charge in [-0.05, 0) is 31.7 Å². The number of rotatable bonds is 7. The molecule has 1 unspecified atom stereocenters. The molecule has 4 heterocycles. The monoisotopic (exact) mass is 445 g/mol. The standard InChI is InChI=1S/C20H27N7O3S/c1-21-8-9-26(13-16-3-2-12-30-16)31(28,29)27-11-10-25(14-20(27)5-6-20)19-17-4-7-22-18(17)23-15-24-19/h4,7,15-16H,2-3,5-6,8-14H2,(H,22,23,24). The number of anilines is 1. The van der Waals surface area contributed by atoms with Crippen molar-refractivity contribution in [1.82, 2.24) is 23.6 Å². The van der Waals surface area contributed by atoms with Gasteiger partial charge in [0.2, 0.25) is 6.54 Å². The van der Waals surface area contributed by atoms with Crippen molar-refractivity contribution >= 4 is 27.1 Å². The van der Waals surface area contributed by atoms with Gasteiger partial charge in [-0.3, -0.25) is 0 Å². The highest BCUT2D eigenvalue weighted by molar-refractivity contribution is 7.86. The van der Waals surface area contributed by atoms with Crippen molar-refractivity contribution in [2.24, 2.45) is 0 Å². The fourth-order valence-corrected chi connectivity index (χ4v) is 6.77. The van der Waals surface area contributed by atoms with Crippen LogP contribution >= 0.6 is 0 Å². The normalized spacial score (nSPS) is 23.6. The van der Waals surface area contributed by atoms with E-state index in [2.05, 4.69) is 24.7 Å². The molecule has 2 aromatic heterocycles. The van der Waals surface area contributed by atoms with Gasteiger partial charge in [0, 0.05) is 39.0 Å². The molecule has 166 valence electrons. The highest BCUT2D eigenvalue weighted by Crippen LogP contribution is 2.47. The summed E-state index contributed by atoms with van der Waals surface area (Å²) in [4.78, 5) is 17.4. The molecule has 11 heteroatoms. The molecule has 3 aliphatic rings. The second kappa shape index (κ2) is 8.02. The summed E-state index contributed by atoms with van der Waals surface area (Å²) in [5, 5.41) is 0.951. The fourth-order valence-electron chi connectivity index (χ4n) is 4.78. The Morgan fingerprint density at radius 1 is 1.35 bits per heavy atom. The van der Waals surface area contributed by atoms with Crippen LogP contribution in [0.25, 0.3) is 15.9 Å². The van der Waals surface area contributed by atoms with Gasteiger partial charge in [-0.15, -0.1) is 0 Å². The summed E-state index contributed by atoms with van der Waals surface area (Å²) >= 11 is 0. The first-order chi connectivity index (χ1) is 15.0. The fraction of sp³-hybridized carbons (Fsp3) is 0.650. The number of H-pyrrole nitrogens is 1. The van der Waals surface area contributed by atoms with Crippen molar-refractivity contribution in [2.75, 3.05) is 50.8 Å². The van der Waals surface area contributed by atoms with Gasteiger partial charge in [0.05, 0.1) is 23.6 Å². The van der Waals surface area contributed by atoms with Gasteiger partial charge in [0.1, 0.15) is 17.8 Å². The maximum absolute atomic E-state index is 13.7. The molecule has 1 atom stereocenters. The van der Waals surface area contributed by atoms with Crippen LogP contribution in [-0.2, 0) is 14.9 Å². The molecular weight excluding hydrogens is 418 g/mol. The average Bonchev–Trinajstić information content (AvgIpc) is 3.17. The Bertz CT molecular complexity index is 1090. The van der Waals surface area contributed by atoms with Crippen molar-refractivity contribution < 1.29 is 13.2 Å². The van der Waals surface area contributed by atoms with Crippen LogP contribution in [0.4, 0.5) is 5.82 Å². The Kier molecular flexibility index (Phi) is 5.34. The topological polar surface area (TPSA) is 99.0 Å². The van der Waals surface area contributed by atoms with E-state index < -0.39 is 15.7 Å². The third-order valence-electron chi connectivity index (χ3n) is 6.54. The van der Waals surface area contributed by atoms with Crippen molar-refractivity contribution in [2.45, 2.75) is 37.3 Å². The predicted molar refractivity (Wildman–Crippen MR) is 116 cm³/mol.